The van der Waals surface area contributed by atoms with E-state index in [-0.39, 0.29) is 23.9 Å². The van der Waals surface area contributed by atoms with Gasteiger partial charge in [0.2, 0.25) is 6.79 Å². The Labute approximate surface area is 222 Å². The first-order chi connectivity index (χ1) is 18.2. The van der Waals surface area contributed by atoms with Crippen molar-refractivity contribution in [2.24, 2.45) is 0 Å². The Kier molecular flexibility index (Phi) is 6.96. The van der Waals surface area contributed by atoms with Crippen molar-refractivity contribution >= 4 is 10.9 Å². The minimum atomic E-state index is -0.244. The summed E-state index contributed by atoms with van der Waals surface area (Å²) in [5, 5.41) is 14.0. The highest BCUT2D eigenvalue weighted by atomic mass is 16.7. The van der Waals surface area contributed by atoms with E-state index in [0.29, 0.717) is 18.7 Å². The Bertz CT molecular complexity index is 1520. The molecule has 2 aromatic heterocycles. The second-order valence-electron chi connectivity index (χ2n) is 10.8. The number of aryl methyl sites for hydroxylation is 2. The standard InChI is InChI=1S/C29H36N6O3/c1-7-24(27-31-32-33-35(27)29(5,6)8-2)34(15-20-9-10-25-26(13-20)38-17-37-25)16-21-14-22-19(4)11-18(3)12-23(22)30-28(21)36/h9-14,24H,7-8,15-17H2,1-6H3,(H,30,36). The Balaban J connectivity index is 1.58. The molecule has 0 saturated carbocycles. The lowest BCUT2D eigenvalue weighted by Gasteiger charge is -2.33. The normalized spacial score (nSPS) is 14.0. The average molecular weight is 517 g/mol. The topological polar surface area (TPSA) is 98.2 Å². The number of aromatic amines is 1. The average Bonchev–Trinajstić information content (AvgIpc) is 3.55. The van der Waals surface area contributed by atoms with Gasteiger partial charge in [-0.15, -0.1) is 5.10 Å². The van der Waals surface area contributed by atoms with E-state index in [1.165, 1.54) is 0 Å². The van der Waals surface area contributed by atoms with E-state index in [9.17, 15) is 4.79 Å². The molecular weight excluding hydrogens is 480 g/mol. The second kappa shape index (κ2) is 10.2. The minimum Gasteiger partial charge on any atom is -0.454 e. The number of aromatic nitrogens is 5. The second-order valence-corrected chi connectivity index (χ2v) is 10.8. The van der Waals surface area contributed by atoms with Crippen LogP contribution >= 0.6 is 0 Å². The van der Waals surface area contributed by atoms with Gasteiger partial charge in [-0.1, -0.05) is 26.0 Å². The molecule has 0 aliphatic carbocycles. The Hall–Kier alpha value is -3.72. The first-order valence-corrected chi connectivity index (χ1v) is 13.2. The third kappa shape index (κ3) is 4.90. The Morgan fingerprint density at radius 1 is 1.08 bits per heavy atom. The van der Waals surface area contributed by atoms with Crippen LogP contribution in [0.4, 0.5) is 0 Å². The van der Waals surface area contributed by atoms with Gasteiger partial charge in [0, 0.05) is 29.6 Å². The van der Waals surface area contributed by atoms with E-state index >= 15 is 0 Å². The summed E-state index contributed by atoms with van der Waals surface area (Å²) in [7, 11) is 0. The summed E-state index contributed by atoms with van der Waals surface area (Å²) in [6.45, 7) is 13.9. The fourth-order valence-electron chi connectivity index (χ4n) is 5.19. The summed E-state index contributed by atoms with van der Waals surface area (Å²) in [4.78, 5) is 18.7. The predicted molar refractivity (Wildman–Crippen MR) is 146 cm³/mol. The zero-order valence-corrected chi connectivity index (χ0v) is 23.0. The number of pyridine rings is 1. The lowest BCUT2D eigenvalue weighted by molar-refractivity contribution is 0.150. The Morgan fingerprint density at radius 3 is 2.63 bits per heavy atom. The van der Waals surface area contributed by atoms with E-state index in [1.807, 2.05) is 41.9 Å². The van der Waals surface area contributed by atoms with Crippen LogP contribution in [0.25, 0.3) is 10.9 Å². The highest BCUT2D eigenvalue weighted by Gasteiger charge is 2.31. The van der Waals surface area contributed by atoms with Crippen LogP contribution < -0.4 is 15.0 Å². The summed E-state index contributed by atoms with van der Waals surface area (Å²) in [6, 6.07) is 12.1. The van der Waals surface area contributed by atoms with Gasteiger partial charge >= 0.3 is 0 Å². The number of tetrazole rings is 1. The molecule has 0 fully saturated rings. The van der Waals surface area contributed by atoms with Gasteiger partial charge in [-0.3, -0.25) is 9.69 Å². The van der Waals surface area contributed by atoms with E-state index in [0.717, 1.165) is 57.8 Å². The molecule has 0 bridgehead atoms. The van der Waals surface area contributed by atoms with Crippen molar-refractivity contribution in [1.82, 2.24) is 30.1 Å². The molecule has 9 nitrogen and oxygen atoms in total. The summed E-state index contributed by atoms with van der Waals surface area (Å²) in [5.41, 5.74) is 4.56. The molecule has 9 heteroatoms. The maximum absolute atomic E-state index is 13.3. The first kappa shape index (κ1) is 25.9. The molecule has 1 unspecified atom stereocenters. The molecule has 4 aromatic rings. The van der Waals surface area contributed by atoms with E-state index in [1.54, 1.807) is 0 Å². The molecule has 1 aliphatic rings. The number of fused-ring (bicyclic) bond motifs is 2. The van der Waals surface area contributed by atoms with Gasteiger partial charge in [0.15, 0.2) is 17.3 Å². The molecule has 0 amide bonds. The van der Waals surface area contributed by atoms with Crippen molar-refractivity contribution in [3.8, 4) is 11.5 Å². The maximum Gasteiger partial charge on any atom is 0.252 e. The van der Waals surface area contributed by atoms with Gasteiger partial charge in [0.25, 0.3) is 5.56 Å². The Morgan fingerprint density at radius 2 is 1.87 bits per heavy atom. The quantitative estimate of drug-likeness (QED) is 0.328. The molecule has 0 radical (unpaired) electrons. The number of hydrogen-bond acceptors (Lipinski definition) is 7. The van der Waals surface area contributed by atoms with Gasteiger partial charge in [-0.05, 0) is 91.9 Å². The van der Waals surface area contributed by atoms with Gasteiger partial charge < -0.3 is 14.5 Å². The number of benzene rings is 2. The van der Waals surface area contributed by atoms with Crippen LogP contribution in [0.3, 0.4) is 0 Å². The van der Waals surface area contributed by atoms with Gasteiger partial charge in [-0.2, -0.15) is 0 Å². The van der Waals surface area contributed by atoms with Crippen molar-refractivity contribution in [3.63, 3.8) is 0 Å². The van der Waals surface area contributed by atoms with Gasteiger partial charge in [0.1, 0.15) is 0 Å². The number of nitrogens with one attached hydrogen (secondary N) is 1. The third-order valence-corrected chi connectivity index (χ3v) is 7.64. The van der Waals surface area contributed by atoms with Crippen molar-refractivity contribution in [3.05, 3.63) is 74.8 Å². The molecule has 1 N–H and O–H groups in total. The van der Waals surface area contributed by atoms with Crippen LogP contribution in [0.2, 0.25) is 0 Å². The van der Waals surface area contributed by atoms with Crippen LogP contribution in [0.1, 0.15) is 74.7 Å². The highest BCUT2D eigenvalue weighted by molar-refractivity contribution is 5.83. The number of nitrogens with zero attached hydrogens (tertiary/aromatic N) is 5. The predicted octanol–water partition coefficient (Wildman–Crippen LogP) is 5.16. The number of H-pyrrole nitrogens is 1. The first-order valence-electron chi connectivity index (χ1n) is 13.2. The fraction of sp³-hybridized carbons (Fsp3) is 0.448. The third-order valence-electron chi connectivity index (χ3n) is 7.64. The highest BCUT2D eigenvalue weighted by Crippen LogP contribution is 2.35. The molecule has 1 aliphatic heterocycles. The molecule has 5 rings (SSSR count). The van der Waals surface area contributed by atoms with Crippen LogP contribution in [-0.2, 0) is 18.6 Å². The molecule has 200 valence electrons. The molecular formula is C29H36N6O3. The SMILES string of the molecule is CCC(c1nnnn1C(C)(C)CC)N(Cc1ccc2c(c1)OCO2)Cc1cc2c(C)cc(C)cc2[nH]c1=O. The van der Waals surface area contributed by atoms with Crippen molar-refractivity contribution in [2.75, 3.05) is 6.79 Å². The monoisotopic (exact) mass is 516 g/mol. The van der Waals surface area contributed by atoms with Gasteiger partial charge in [-0.25, -0.2) is 4.68 Å². The number of hydrogen-bond donors (Lipinski definition) is 1. The van der Waals surface area contributed by atoms with Crippen LogP contribution in [-0.4, -0.2) is 36.9 Å². The summed E-state index contributed by atoms with van der Waals surface area (Å²) < 4.78 is 13.1. The minimum absolute atomic E-state index is 0.0819. The molecule has 1 atom stereocenters. The van der Waals surface area contributed by atoms with Crippen LogP contribution in [0, 0.1) is 13.8 Å². The van der Waals surface area contributed by atoms with E-state index in [2.05, 4.69) is 66.1 Å². The van der Waals surface area contributed by atoms with Crippen LogP contribution in [0.15, 0.2) is 41.2 Å². The van der Waals surface area contributed by atoms with E-state index < -0.39 is 0 Å². The summed E-state index contributed by atoms with van der Waals surface area (Å²) in [5.74, 6) is 2.28. The lowest BCUT2D eigenvalue weighted by atomic mass is 10.0. The number of ether oxygens (including phenoxy) is 2. The summed E-state index contributed by atoms with van der Waals surface area (Å²) >= 11 is 0. The smallest absolute Gasteiger partial charge is 0.252 e. The molecule has 2 aromatic carbocycles. The zero-order valence-electron chi connectivity index (χ0n) is 23.0. The van der Waals surface area contributed by atoms with Gasteiger partial charge in [0.05, 0.1) is 11.6 Å². The molecule has 38 heavy (non-hydrogen) atoms. The largest absolute Gasteiger partial charge is 0.454 e. The van der Waals surface area contributed by atoms with E-state index in [4.69, 9.17) is 9.47 Å². The van der Waals surface area contributed by atoms with Crippen molar-refractivity contribution < 1.29 is 9.47 Å². The van der Waals surface area contributed by atoms with Crippen molar-refractivity contribution in [1.29, 1.82) is 0 Å². The molecule has 0 spiro atoms. The zero-order chi connectivity index (χ0) is 27.0. The molecule has 0 saturated heterocycles. The van der Waals surface area contributed by atoms with Crippen molar-refractivity contribution in [2.45, 2.75) is 79.1 Å². The fourth-order valence-corrected chi connectivity index (χ4v) is 5.19. The lowest BCUT2D eigenvalue weighted by Crippen LogP contribution is -2.36. The summed E-state index contributed by atoms with van der Waals surface area (Å²) in [6.07, 6.45) is 1.65. The van der Waals surface area contributed by atoms with Crippen LogP contribution in [0.5, 0.6) is 11.5 Å². The molecule has 3 heterocycles. The number of rotatable bonds is 9. The maximum atomic E-state index is 13.3.